The molecule has 2 rings (SSSR count). The number of nitrogen functional groups attached to an aromatic ring is 1. The summed E-state index contributed by atoms with van der Waals surface area (Å²) < 4.78 is 5.75. The highest BCUT2D eigenvalue weighted by atomic mass is 79.9. The predicted octanol–water partition coefficient (Wildman–Crippen LogP) is 2.64. The molecule has 0 spiro atoms. The van der Waals surface area contributed by atoms with Crippen molar-refractivity contribution in [1.29, 1.82) is 0 Å². The van der Waals surface area contributed by atoms with Gasteiger partial charge in [0, 0.05) is 28.5 Å². The summed E-state index contributed by atoms with van der Waals surface area (Å²) in [6, 6.07) is 5.23. The van der Waals surface area contributed by atoms with Gasteiger partial charge in [-0.1, -0.05) is 0 Å². The molecule has 0 amide bonds. The molecule has 0 bridgehead atoms. The molecule has 2 aromatic rings. The Labute approximate surface area is 120 Å². The smallest absolute Gasteiger partial charge is 0.212 e. The maximum atomic E-state index is 10.1. The van der Waals surface area contributed by atoms with E-state index in [9.17, 15) is 4.79 Å². The molecule has 2 aromatic heterocycles. The minimum atomic E-state index is 0.519. The van der Waals surface area contributed by atoms with Gasteiger partial charge in [0.05, 0.1) is 7.11 Å². The van der Waals surface area contributed by atoms with E-state index < -0.39 is 0 Å². The molecule has 0 atom stereocenters. The molecule has 5 nitrogen and oxygen atoms in total. The third-order valence-electron chi connectivity index (χ3n) is 2.19. The highest BCUT2D eigenvalue weighted by molar-refractivity contribution is 9.10. The number of pyridine rings is 2. The fourth-order valence-corrected chi connectivity index (χ4v) is 1.58. The Morgan fingerprint density at radius 3 is 2.47 bits per heavy atom. The molecule has 2 N–H and O–H groups in total. The van der Waals surface area contributed by atoms with Crippen LogP contribution in [0.3, 0.4) is 0 Å². The molecular weight excluding hydrogens is 310 g/mol. The maximum Gasteiger partial charge on any atom is 0.212 e. The van der Waals surface area contributed by atoms with Crippen LogP contribution in [0.1, 0.15) is 15.9 Å². The number of aldehydes is 1. The Morgan fingerprint density at radius 1 is 1.32 bits per heavy atom. The van der Waals surface area contributed by atoms with Gasteiger partial charge in [0.1, 0.15) is 5.82 Å². The van der Waals surface area contributed by atoms with Crippen LogP contribution in [0.2, 0.25) is 0 Å². The van der Waals surface area contributed by atoms with Crippen molar-refractivity contribution in [2.24, 2.45) is 0 Å². The second-order valence-electron chi connectivity index (χ2n) is 3.61. The van der Waals surface area contributed by atoms with Crippen molar-refractivity contribution in [2.45, 2.75) is 6.92 Å². The molecule has 0 fully saturated rings. The highest BCUT2D eigenvalue weighted by Crippen LogP contribution is 2.13. The van der Waals surface area contributed by atoms with Crippen LogP contribution < -0.4 is 10.5 Å². The van der Waals surface area contributed by atoms with Crippen molar-refractivity contribution in [2.75, 3.05) is 12.8 Å². The number of carbonyl (C=O) groups is 1. The molecule has 2 heterocycles. The summed E-state index contributed by atoms with van der Waals surface area (Å²) in [5.74, 6) is 1.11. The number of aromatic nitrogens is 2. The number of aryl methyl sites for hydroxylation is 1. The standard InChI is InChI=1S/C7H7NO2.C6H7BrN2/c1-10-7-3-2-6(5-9)4-8-7;1-4-2-5(7)3-9-6(4)8/h2-5H,1H3;2-3H,1H3,(H2,8,9). The lowest BCUT2D eigenvalue weighted by Crippen LogP contribution is -1.91. The van der Waals surface area contributed by atoms with E-state index in [1.165, 1.54) is 13.3 Å². The summed E-state index contributed by atoms with van der Waals surface area (Å²) in [6.45, 7) is 1.92. The van der Waals surface area contributed by atoms with Gasteiger partial charge in [-0.25, -0.2) is 9.97 Å². The van der Waals surface area contributed by atoms with E-state index in [4.69, 9.17) is 10.5 Å². The van der Waals surface area contributed by atoms with Crippen molar-refractivity contribution in [3.05, 3.63) is 46.2 Å². The van der Waals surface area contributed by atoms with Crippen LogP contribution in [0.4, 0.5) is 5.82 Å². The largest absolute Gasteiger partial charge is 0.481 e. The number of anilines is 1. The fraction of sp³-hybridized carbons (Fsp3) is 0.154. The third-order valence-corrected chi connectivity index (χ3v) is 2.62. The van der Waals surface area contributed by atoms with Crippen LogP contribution in [-0.2, 0) is 0 Å². The van der Waals surface area contributed by atoms with E-state index >= 15 is 0 Å². The summed E-state index contributed by atoms with van der Waals surface area (Å²) in [6.07, 6.45) is 3.89. The van der Waals surface area contributed by atoms with Crippen LogP contribution in [0.5, 0.6) is 5.88 Å². The Kier molecular flexibility index (Phi) is 5.95. The lowest BCUT2D eigenvalue weighted by molar-refractivity contribution is 0.112. The summed E-state index contributed by atoms with van der Waals surface area (Å²) in [5.41, 5.74) is 7.02. The second kappa shape index (κ2) is 7.48. The summed E-state index contributed by atoms with van der Waals surface area (Å²) in [7, 11) is 1.53. The van der Waals surface area contributed by atoms with Gasteiger partial charge in [0.25, 0.3) is 0 Å². The Bertz CT molecular complexity index is 544. The Hall–Kier alpha value is -1.95. The van der Waals surface area contributed by atoms with E-state index in [1.54, 1.807) is 18.3 Å². The van der Waals surface area contributed by atoms with Gasteiger partial charge >= 0.3 is 0 Å². The normalized spacial score (nSPS) is 9.21. The number of ether oxygens (including phenoxy) is 1. The quantitative estimate of drug-likeness (QED) is 0.859. The van der Waals surface area contributed by atoms with Crippen molar-refractivity contribution >= 4 is 28.0 Å². The second-order valence-corrected chi connectivity index (χ2v) is 4.52. The van der Waals surface area contributed by atoms with Gasteiger partial charge in [-0.15, -0.1) is 0 Å². The van der Waals surface area contributed by atoms with Gasteiger partial charge in [-0.2, -0.15) is 0 Å². The van der Waals surface area contributed by atoms with Gasteiger partial charge in [-0.3, -0.25) is 4.79 Å². The van der Waals surface area contributed by atoms with Crippen molar-refractivity contribution < 1.29 is 9.53 Å². The van der Waals surface area contributed by atoms with Crippen LogP contribution >= 0.6 is 15.9 Å². The summed E-state index contributed by atoms with van der Waals surface area (Å²) >= 11 is 3.28. The monoisotopic (exact) mass is 323 g/mol. The van der Waals surface area contributed by atoms with E-state index in [1.807, 2.05) is 13.0 Å². The summed E-state index contributed by atoms with van der Waals surface area (Å²) in [5, 5.41) is 0. The molecule has 0 aliphatic rings. The number of hydrogen-bond donors (Lipinski definition) is 1. The number of halogens is 1. The SMILES string of the molecule is COc1ccc(C=O)cn1.Cc1cc(Br)cnc1N. The minimum Gasteiger partial charge on any atom is -0.481 e. The predicted molar refractivity (Wildman–Crippen MR) is 77.3 cm³/mol. The lowest BCUT2D eigenvalue weighted by Gasteiger charge is -1.96. The van der Waals surface area contributed by atoms with E-state index in [2.05, 4.69) is 25.9 Å². The zero-order valence-corrected chi connectivity index (χ0v) is 12.2. The van der Waals surface area contributed by atoms with Crippen LogP contribution in [-0.4, -0.2) is 23.4 Å². The van der Waals surface area contributed by atoms with Crippen LogP contribution in [0, 0.1) is 6.92 Å². The topological polar surface area (TPSA) is 78.1 Å². The minimum absolute atomic E-state index is 0.519. The molecule has 19 heavy (non-hydrogen) atoms. The molecule has 100 valence electrons. The molecule has 6 heteroatoms. The molecule has 0 unspecified atom stereocenters. The number of hydrogen-bond acceptors (Lipinski definition) is 5. The first kappa shape index (κ1) is 15.1. The molecule has 0 radical (unpaired) electrons. The van der Waals surface area contributed by atoms with Gasteiger partial charge < -0.3 is 10.5 Å². The Balaban J connectivity index is 0.000000191. The van der Waals surface area contributed by atoms with E-state index in [0.29, 0.717) is 17.3 Å². The van der Waals surface area contributed by atoms with E-state index in [0.717, 1.165) is 16.3 Å². The Morgan fingerprint density at radius 2 is 2.05 bits per heavy atom. The molecule has 0 aliphatic heterocycles. The van der Waals surface area contributed by atoms with Crippen molar-refractivity contribution in [1.82, 2.24) is 9.97 Å². The molecule has 0 aromatic carbocycles. The van der Waals surface area contributed by atoms with Gasteiger partial charge in [0.2, 0.25) is 5.88 Å². The van der Waals surface area contributed by atoms with E-state index in [-0.39, 0.29) is 0 Å². The van der Waals surface area contributed by atoms with Crippen molar-refractivity contribution in [3.8, 4) is 5.88 Å². The highest BCUT2D eigenvalue weighted by Gasteiger charge is 1.92. The molecule has 0 saturated heterocycles. The number of methoxy groups -OCH3 is 1. The summed E-state index contributed by atoms with van der Waals surface area (Å²) in [4.78, 5) is 17.8. The molecule has 0 saturated carbocycles. The first-order chi connectivity index (χ1) is 9.06. The zero-order valence-electron chi connectivity index (χ0n) is 10.6. The lowest BCUT2D eigenvalue weighted by atomic mass is 10.3. The fourth-order valence-electron chi connectivity index (χ4n) is 1.13. The zero-order chi connectivity index (χ0) is 14.3. The number of rotatable bonds is 2. The maximum absolute atomic E-state index is 10.1. The number of carbonyl (C=O) groups excluding carboxylic acids is 1. The number of nitrogens with two attached hydrogens (primary N) is 1. The van der Waals surface area contributed by atoms with Crippen molar-refractivity contribution in [3.63, 3.8) is 0 Å². The van der Waals surface area contributed by atoms with Crippen LogP contribution in [0.15, 0.2) is 35.1 Å². The molecular formula is C13H14BrN3O2. The third kappa shape index (κ3) is 5.05. The number of nitrogens with zero attached hydrogens (tertiary/aromatic N) is 2. The van der Waals surface area contributed by atoms with Gasteiger partial charge in [-0.05, 0) is 40.5 Å². The average Bonchev–Trinajstić information content (AvgIpc) is 2.44. The average molecular weight is 324 g/mol. The molecule has 0 aliphatic carbocycles. The van der Waals surface area contributed by atoms with Crippen LogP contribution in [0.25, 0.3) is 0 Å². The first-order valence-electron chi connectivity index (χ1n) is 5.39. The first-order valence-corrected chi connectivity index (χ1v) is 6.19. The van der Waals surface area contributed by atoms with Gasteiger partial charge in [0.15, 0.2) is 6.29 Å².